The summed E-state index contributed by atoms with van der Waals surface area (Å²) in [6, 6.07) is 6.47. The second-order valence-corrected chi connectivity index (χ2v) is 3.08. The van der Waals surface area contributed by atoms with Gasteiger partial charge in [-0.1, -0.05) is 26.0 Å². The fourth-order valence-electron chi connectivity index (χ4n) is 1.43. The van der Waals surface area contributed by atoms with Crippen molar-refractivity contribution in [2.45, 2.75) is 33.6 Å². The van der Waals surface area contributed by atoms with Crippen LogP contribution in [0.15, 0.2) is 18.2 Å². The summed E-state index contributed by atoms with van der Waals surface area (Å²) in [5.74, 6) is 1.04. The van der Waals surface area contributed by atoms with Gasteiger partial charge >= 0.3 is 0 Å². The maximum Gasteiger partial charge on any atom is 0.122 e. The molecule has 0 N–H and O–H groups in total. The molecule has 1 nitrogen and oxygen atoms in total. The fraction of sp³-hybridized carbons (Fsp3) is 0.500. The molecule has 1 heteroatoms. The summed E-state index contributed by atoms with van der Waals surface area (Å²) in [5, 5.41) is 0. The first-order chi connectivity index (χ1) is 6.31. The molecule has 0 bridgehead atoms. The Hall–Kier alpha value is -0.980. The van der Waals surface area contributed by atoms with Crippen LogP contribution >= 0.6 is 0 Å². The van der Waals surface area contributed by atoms with Crippen LogP contribution in [0.25, 0.3) is 0 Å². The van der Waals surface area contributed by atoms with Crippen LogP contribution in [0, 0.1) is 0 Å². The Morgan fingerprint density at radius 3 is 2.38 bits per heavy atom. The minimum Gasteiger partial charge on any atom is -0.494 e. The summed E-state index contributed by atoms with van der Waals surface area (Å²) in [7, 11) is 0. The monoisotopic (exact) mass is 178 g/mol. The fourth-order valence-corrected chi connectivity index (χ4v) is 1.43. The van der Waals surface area contributed by atoms with Crippen LogP contribution in [-0.4, -0.2) is 6.61 Å². The molecule has 0 fully saturated rings. The van der Waals surface area contributed by atoms with E-state index in [1.54, 1.807) is 0 Å². The minimum atomic E-state index is 0.748. The maximum absolute atomic E-state index is 5.53. The molecule has 0 aromatic heterocycles. The second-order valence-electron chi connectivity index (χ2n) is 3.08. The van der Waals surface area contributed by atoms with Gasteiger partial charge in [-0.2, -0.15) is 0 Å². The quantitative estimate of drug-likeness (QED) is 0.688. The zero-order chi connectivity index (χ0) is 9.68. The van der Waals surface area contributed by atoms with Crippen molar-refractivity contribution in [1.82, 2.24) is 0 Å². The molecule has 1 rings (SSSR count). The molecule has 0 spiro atoms. The number of hydrogen-bond donors (Lipinski definition) is 0. The van der Waals surface area contributed by atoms with Gasteiger partial charge in [0, 0.05) is 0 Å². The van der Waals surface area contributed by atoms with Gasteiger partial charge in [-0.25, -0.2) is 0 Å². The number of rotatable bonds is 4. The molecule has 0 saturated carbocycles. The van der Waals surface area contributed by atoms with Crippen molar-refractivity contribution < 1.29 is 4.74 Å². The molecular weight excluding hydrogens is 160 g/mol. The number of aryl methyl sites for hydroxylation is 2. The average molecular weight is 178 g/mol. The third-order valence-electron chi connectivity index (χ3n) is 2.21. The smallest absolute Gasteiger partial charge is 0.122 e. The van der Waals surface area contributed by atoms with Gasteiger partial charge in [-0.05, 0) is 37.0 Å². The first-order valence-corrected chi connectivity index (χ1v) is 5.06. The molecule has 13 heavy (non-hydrogen) atoms. The minimum absolute atomic E-state index is 0.748. The molecule has 0 atom stereocenters. The number of hydrogen-bond acceptors (Lipinski definition) is 1. The number of ether oxygens (including phenoxy) is 1. The Morgan fingerprint density at radius 1 is 1.08 bits per heavy atom. The molecule has 0 heterocycles. The van der Waals surface area contributed by atoms with Crippen molar-refractivity contribution in [2.75, 3.05) is 6.61 Å². The lowest BCUT2D eigenvalue weighted by atomic mass is 10.1. The van der Waals surface area contributed by atoms with E-state index < -0.39 is 0 Å². The molecule has 72 valence electrons. The van der Waals surface area contributed by atoms with E-state index in [4.69, 9.17) is 4.74 Å². The molecule has 0 radical (unpaired) electrons. The van der Waals surface area contributed by atoms with E-state index in [0.29, 0.717) is 0 Å². The van der Waals surface area contributed by atoms with E-state index in [0.717, 1.165) is 25.2 Å². The predicted molar refractivity (Wildman–Crippen MR) is 56.4 cm³/mol. The van der Waals surface area contributed by atoms with Crippen LogP contribution in [0.5, 0.6) is 5.75 Å². The Labute approximate surface area is 80.7 Å². The van der Waals surface area contributed by atoms with E-state index in [1.807, 2.05) is 6.92 Å². The summed E-state index contributed by atoms with van der Waals surface area (Å²) in [4.78, 5) is 0. The van der Waals surface area contributed by atoms with Gasteiger partial charge in [0.1, 0.15) is 5.75 Å². The zero-order valence-corrected chi connectivity index (χ0v) is 8.76. The molecule has 0 aliphatic rings. The molecule has 0 saturated heterocycles. The van der Waals surface area contributed by atoms with E-state index in [-0.39, 0.29) is 0 Å². The largest absolute Gasteiger partial charge is 0.494 e. The van der Waals surface area contributed by atoms with Crippen LogP contribution < -0.4 is 4.74 Å². The van der Waals surface area contributed by atoms with Crippen LogP contribution in [0.2, 0.25) is 0 Å². The molecule has 1 aromatic rings. The standard InChI is InChI=1S/C12H18O/c1-4-10-7-8-12(13-6-3)11(5-2)9-10/h7-9H,4-6H2,1-3H3. The molecule has 0 aliphatic heterocycles. The van der Waals surface area contributed by atoms with Crippen LogP contribution in [0.4, 0.5) is 0 Å². The summed E-state index contributed by atoms with van der Waals surface area (Å²) < 4.78 is 5.53. The Bertz CT molecular complexity index is 266. The Morgan fingerprint density at radius 2 is 1.85 bits per heavy atom. The van der Waals surface area contributed by atoms with Gasteiger partial charge in [0.25, 0.3) is 0 Å². The van der Waals surface area contributed by atoms with Crippen molar-refractivity contribution in [3.8, 4) is 5.75 Å². The highest BCUT2D eigenvalue weighted by Crippen LogP contribution is 2.20. The lowest BCUT2D eigenvalue weighted by Gasteiger charge is -2.09. The highest BCUT2D eigenvalue weighted by Gasteiger charge is 2.01. The lowest BCUT2D eigenvalue weighted by molar-refractivity contribution is 0.336. The summed E-state index contributed by atoms with van der Waals surface area (Å²) in [5.41, 5.74) is 2.71. The highest BCUT2D eigenvalue weighted by atomic mass is 16.5. The van der Waals surface area contributed by atoms with Gasteiger partial charge < -0.3 is 4.74 Å². The molecular formula is C12H18O. The van der Waals surface area contributed by atoms with E-state index in [9.17, 15) is 0 Å². The van der Waals surface area contributed by atoms with E-state index in [2.05, 4.69) is 32.0 Å². The van der Waals surface area contributed by atoms with Crippen molar-refractivity contribution in [3.63, 3.8) is 0 Å². The normalized spacial score (nSPS) is 10.1. The molecule has 0 aliphatic carbocycles. The SMILES string of the molecule is CCOc1ccc(CC)cc1CC. The van der Waals surface area contributed by atoms with Gasteiger partial charge in [-0.3, -0.25) is 0 Å². The van der Waals surface area contributed by atoms with Crippen LogP contribution in [0.3, 0.4) is 0 Å². The van der Waals surface area contributed by atoms with Crippen molar-refractivity contribution in [3.05, 3.63) is 29.3 Å². The van der Waals surface area contributed by atoms with Crippen molar-refractivity contribution >= 4 is 0 Å². The topological polar surface area (TPSA) is 9.23 Å². The first-order valence-electron chi connectivity index (χ1n) is 5.06. The van der Waals surface area contributed by atoms with E-state index >= 15 is 0 Å². The first kappa shape index (κ1) is 10.1. The molecule has 0 unspecified atom stereocenters. The van der Waals surface area contributed by atoms with E-state index in [1.165, 1.54) is 11.1 Å². The third-order valence-corrected chi connectivity index (χ3v) is 2.21. The Balaban J connectivity index is 2.93. The zero-order valence-electron chi connectivity index (χ0n) is 8.76. The predicted octanol–water partition coefficient (Wildman–Crippen LogP) is 3.21. The Kier molecular flexibility index (Phi) is 3.81. The van der Waals surface area contributed by atoms with Crippen LogP contribution in [-0.2, 0) is 12.8 Å². The van der Waals surface area contributed by atoms with Gasteiger partial charge in [0.2, 0.25) is 0 Å². The van der Waals surface area contributed by atoms with Gasteiger partial charge in [0.05, 0.1) is 6.61 Å². The van der Waals surface area contributed by atoms with Gasteiger partial charge in [-0.15, -0.1) is 0 Å². The highest BCUT2D eigenvalue weighted by molar-refractivity contribution is 5.37. The molecule has 0 amide bonds. The molecule has 1 aromatic carbocycles. The second kappa shape index (κ2) is 4.90. The van der Waals surface area contributed by atoms with Crippen LogP contribution in [0.1, 0.15) is 31.9 Å². The average Bonchev–Trinajstić information content (AvgIpc) is 2.19. The van der Waals surface area contributed by atoms with Crippen molar-refractivity contribution in [2.24, 2.45) is 0 Å². The summed E-state index contributed by atoms with van der Waals surface area (Å²) in [6.07, 6.45) is 2.14. The van der Waals surface area contributed by atoms with Gasteiger partial charge in [0.15, 0.2) is 0 Å². The van der Waals surface area contributed by atoms with Crippen molar-refractivity contribution in [1.29, 1.82) is 0 Å². The number of benzene rings is 1. The maximum atomic E-state index is 5.53. The third kappa shape index (κ3) is 2.48. The summed E-state index contributed by atoms with van der Waals surface area (Å²) in [6.45, 7) is 7.11. The lowest BCUT2D eigenvalue weighted by Crippen LogP contribution is -1.96. The summed E-state index contributed by atoms with van der Waals surface area (Å²) >= 11 is 0.